The highest BCUT2D eigenvalue weighted by Crippen LogP contribution is 2.14. The Labute approximate surface area is 98.7 Å². The first-order valence-corrected chi connectivity index (χ1v) is 5.64. The van der Waals surface area contributed by atoms with E-state index < -0.39 is 11.9 Å². The van der Waals surface area contributed by atoms with Gasteiger partial charge in [-0.3, -0.25) is 4.79 Å². The molecular formula is C10H15N3O4. The van der Waals surface area contributed by atoms with E-state index in [1.54, 1.807) is 11.8 Å². The molecule has 7 nitrogen and oxygen atoms in total. The third-order valence-electron chi connectivity index (χ3n) is 2.97. The van der Waals surface area contributed by atoms with Crippen LogP contribution in [0.2, 0.25) is 0 Å². The van der Waals surface area contributed by atoms with E-state index in [-0.39, 0.29) is 18.7 Å². The lowest BCUT2D eigenvalue weighted by Crippen LogP contribution is -2.55. The zero-order valence-electron chi connectivity index (χ0n) is 9.64. The first-order valence-electron chi connectivity index (χ1n) is 5.64. The predicted octanol–water partition coefficient (Wildman–Crippen LogP) is -1.21. The Bertz CT molecular complexity index is 357. The maximum Gasteiger partial charge on any atom is 0.397 e. The number of nitrogens with zero attached hydrogens (tertiary/aromatic N) is 2. The Balaban J connectivity index is 1.95. The standard InChI is InChI=1S/C10H15N3O4/c1-2-17-9(15)8(14)12-3-4-13-7(6-12)5-11-10(13)16/h7H,2-6H2,1H3,(H,11,16). The molecule has 0 spiro atoms. The third-order valence-corrected chi connectivity index (χ3v) is 2.97. The number of urea groups is 1. The van der Waals surface area contributed by atoms with E-state index in [1.807, 2.05) is 0 Å². The number of hydrogen-bond acceptors (Lipinski definition) is 4. The Hall–Kier alpha value is -1.79. The van der Waals surface area contributed by atoms with Crippen LogP contribution < -0.4 is 5.32 Å². The molecule has 0 aliphatic carbocycles. The van der Waals surface area contributed by atoms with Crippen LogP contribution >= 0.6 is 0 Å². The molecule has 1 atom stereocenters. The molecule has 7 heteroatoms. The van der Waals surface area contributed by atoms with Gasteiger partial charge in [0.15, 0.2) is 0 Å². The van der Waals surface area contributed by atoms with Gasteiger partial charge in [0.25, 0.3) is 0 Å². The van der Waals surface area contributed by atoms with Crippen molar-refractivity contribution < 1.29 is 19.1 Å². The number of piperazine rings is 1. The summed E-state index contributed by atoms with van der Waals surface area (Å²) < 4.78 is 4.66. The average molecular weight is 241 g/mol. The van der Waals surface area contributed by atoms with Gasteiger partial charge in [-0.1, -0.05) is 0 Å². The Morgan fingerprint density at radius 3 is 2.94 bits per heavy atom. The molecule has 0 bridgehead atoms. The summed E-state index contributed by atoms with van der Waals surface area (Å²) in [6, 6.07) is -0.132. The molecule has 0 radical (unpaired) electrons. The molecule has 0 aromatic rings. The number of carbonyl (C=O) groups is 3. The summed E-state index contributed by atoms with van der Waals surface area (Å²) in [4.78, 5) is 37.4. The molecule has 94 valence electrons. The van der Waals surface area contributed by atoms with E-state index in [9.17, 15) is 14.4 Å². The van der Waals surface area contributed by atoms with Crippen molar-refractivity contribution in [1.29, 1.82) is 0 Å². The van der Waals surface area contributed by atoms with E-state index in [2.05, 4.69) is 10.1 Å². The summed E-state index contributed by atoms with van der Waals surface area (Å²) in [6.45, 7) is 3.59. The van der Waals surface area contributed by atoms with Crippen LogP contribution in [0.5, 0.6) is 0 Å². The molecule has 1 N–H and O–H groups in total. The Morgan fingerprint density at radius 1 is 1.47 bits per heavy atom. The van der Waals surface area contributed by atoms with Crippen LogP contribution in [-0.4, -0.2) is 66.5 Å². The van der Waals surface area contributed by atoms with Gasteiger partial charge in [-0.25, -0.2) is 9.59 Å². The molecule has 2 aliphatic heterocycles. The molecule has 2 rings (SSSR count). The molecule has 0 aromatic heterocycles. The number of hydrogen-bond donors (Lipinski definition) is 1. The third kappa shape index (κ3) is 2.17. The van der Waals surface area contributed by atoms with Crippen molar-refractivity contribution in [2.24, 2.45) is 0 Å². The van der Waals surface area contributed by atoms with E-state index >= 15 is 0 Å². The minimum Gasteiger partial charge on any atom is -0.459 e. The summed E-state index contributed by atoms with van der Waals surface area (Å²) in [5.41, 5.74) is 0. The van der Waals surface area contributed by atoms with Gasteiger partial charge in [-0.15, -0.1) is 0 Å². The van der Waals surface area contributed by atoms with Crippen molar-refractivity contribution in [2.45, 2.75) is 13.0 Å². The summed E-state index contributed by atoms with van der Waals surface area (Å²) in [5, 5.41) is 2.71. The number of esters is 1. The second-order valence-corrected chi connectivity index (χ2v) is 4.00. The molecule has 1 unspecified atom stereocenters. The molecule has 2 fully saturated rings. The van der Waals surface area contributed by atoms with E-state index in [1.165, 1.54) is 4.90 Å². The van der Waals surface area contributed by atoms with Crippen LogP contribution in [0, 0.1) is 0 Å². The number of fused-ring (bicyclic) bond motifs is 1. The van der Waals surface area contributed by atoms with Crippen molar-refractivity contribution in [3.63, 3.8) is 0 Å². The molecule has 2 saturated heterocycles. The van der Waals surface area contributed by atoms with E-state index in [0.717, 1.165) is 0 Å². The van der Waals surface area contributed by atoms with Gasteiger partial charge >= 0.3 is 17.9 Å². The van der Waals surface area contributed by atoms with Crippen LogP contribution in [0.1, 0.15) is 6.92 Å². The molecule has 0 aromatic carbocycles. The normalized spacial score (nSPS) is 23.1. The Morgan fingerprint density at radius 2 is 2.24 bits per heavy atom. The molecule has 3 amide bonds. The van der Waals surface area contributed by atoms with Crippen molar-refractivity contribution in [3.05, 3.63) is 0 Å². The SMILES string of the molecule is CCOC(=O)C(=O)N1CCN2C(=O)NCC2C1. The smallest absolute Gasteiger partial charge is 0.397 e. The first kappa shape index (κ1) is 11.7. The van der Waals surface area contributed by atoms with Crippen molar-refractivity contribution in [1.82, 2.24) is 15.1 Å². The molecule has 2 aliphatic rings. The van der Waals surface area contributed by atoms with Gasteiger partial charge in [0.2, 0.25) is 0 Å². The zero-order valence-corrected chi connectivity index (χ0v) is 9.64. The largest absolute Gasteiger partial charge is 0.459 e. The number of rotatable bonds is 1. The fourth-order valence-electron chi connectivity index (χ4n) is 2.11. The number of ether oxygens (including phenoxy) is 1. The molecule has 0 saturated carbocycles. The van der Waals surface area contributed by atoms with Gasteiger partial charge in [0.05, 0.1) is 12.6 Å². The lowest BCUT2D eigenvalue weighted by atomic mass is 10.2. The van der Waals surface area contributed by atoms with E-state index in [0.29, 0.717) is 26.2 Å². The topological polar surface area (TPSA) is 79.0 Å². The number of carbonyl (C=O) groups excluding carboxylic acids is 3. The van der Waals surface area contributed by atoms with Crippen LogP contribution in [0.15, 0.2) is 0 Å². The highest BCUT2D eigenvalue weighted by molar-refractivity contribution is 6.32. The Kier molecular flexibility index (Phi) is 3.16. The summed E-state index contributed by atoms with van der Waals surface area (Å²) in [6.07, 6.45) is 0. The highest BCUT2D eigenvalue weighted by atomic mass is 16.5. The lowest BCUT2D eigenvalue weighted by Gasteiger charge is -2.35. The fraction of sp³-hybridized carbons (Fsp3) is 0.700. The zero-order chi connectivity index (χ0) is 12.4. The van der Waals surface area contributed by atoms with Crippen LogP contribution in [0.4, 0.5) is 4.79 Å². The second kappa shape index (κ2) is 4.60. The van der Waals surface area contributed by atoms with Crippen molar-refractivity contribution in [2.75, 3.05) is 32.8 Å². The summed E-state index contributed by atoms with van der Waals surface area (Å²) in [7, 11) is 0. The summed E-state index contributed by atoms with van der Waals surface area (Å²) >= 11 is 0. The van der Waals surface area contributed by atoms with Gasteiger partial charge in [-0.2, -0.15) is 0 Å². The number of nitrogens with one attached hydrogen (secondary N) is 1. The van der Waals surface area contributed by atoms with Crippen LogP contribution in [0.3, 0.4) is 0 Å². The minimum atomic E-state index is -0.821. The maximum atomic E-state index is 11.7. The van der Waals surface area contributed by atoms with E-state index in [4.69, 9.17) is 0 Å². The van der Waals surface area contributed by atoms with Gasteiger partial charge in [-0.05, 0) is 6.92 Å². The van der Waals surface area contributed by atoms with Crippen LogP contribution in [0.25, 0.3) is 0 Å². The minimum absolute atomic E-state index is 0.0328. The fourth-order valence-corrected chi connectivity index (χ4v) is 2.11. The lowest BCUT2D eigenvalue weighted by molar-refractivity contribution is -0.160. The predicted molar refractivity (Wildman–Crippen MR) is 57.1 cm³/mol. The first-order chi connectivity index (χ1) is 8.13. The highest BCUT2D eigenvalue weighted by Gasteiger charge is 2.38. The maximum absolute atomic E-state index is 11.7. The van der Waals surface area contributed by atoms with Crippen LogP contribution in [-0.2, 0) is 14.3 Å². The summed E-state index contributed by atoms with van der Waals surface area (Å²) in [5.74, 6) is -1.44. The van der Waals surface area contributed by atoms with Gasteiger partial charge in [0.1, 0.15) is 0 Å². The molecular weight excluding hydrogens is 226 g/mol. The van der Waals surface area contributed by atoms with Gasteiger partial charge < -0.3 is 19.9 Å². The number of amides is 3. The monoisotopic (exact) mass is 241 g/mol. The quantitative estimate of drug-likeness (QED) is 0.461. The van der Waals surface area contributed by atoms with Crippen molar-refractivity contribution >= 4 is 17.9 Å². The second-order valence-electron chi connectivity index (χ2n) is 4.00. The average Bonchev–Trinajstić information content (AvgIpc) is 2.70. The molecule has 17 heavy (non-hydrogen) atoms. The van der Waals surface area contributed by atoms with Crippen molar-refractivity contribution in [3.8, 4) is 0 Å². The van der Waals surface area contributed by atoms with Gasteiger partial charge in [0, 0.05) is 26.2 Å². The molecule has 2 heterocycles.